The van der Waals surface area contributed by atoms with Gasteiger partial charge in [-0.15, -0.1) is 0 Å². The minimum Gasteiger partial charge on any atom is -0.480 e. The van der Waals surface area contributed by atoms with Gasteiger partial charge in [0, 0.05) is 17.9 Å². The van der Waals surface area contributed by atoms with E-state index in [2.05, 4.69) is 10.3 Å². The zero-order valence-electron chi connectivity index (χ0n) is 13.8. The molecule has 24 heavy (non-hydrogen) atoms. The Balaban J connectivity index is 2.01. The van der Waals surface area contributed by atoms with Crippen LogP contribution in [-0.4, -0.2) is 34.7 Å². The number of ether oxygens (including phenoxy) is 1. The van der Waals surface area contributed by atoms with Gasteiger partial charge in [0.1, 0.15) is 6.04 Å². The molecule has 6 nitrogen and oxygen atoms in total. The first-order valence-corrected chi connectivity index (χ1v) is 7.87. The Hall–Kier alpha value is -2.60. The molecule has 0 unspecified atom stereocenters. The van der Waals surface area contributed by atoms with E-state index in [0.29, 0.717) is 30.8 Å². The maximum Gasteiger partial charge on any atom is 0.339 e. The van der Waals surface area contributed by atoms with Crippen molar-refractivity contribution in [3.05, 3.63) is 58.9 Å². The summed E-state index contributed by atoms with van der Waals surface area (Å²) in [5.74, 6) is -1.29. The van der Waals surface area contributed by atoms with Crippen LogP contribution in [0, 0.1) is 6.92 Å². The van der Waals surface area contributed by atoms with E-state index >= 15 is 0 Å². The highest BCUT2D eigenvalue weighted by Crippen LogP contribution is 2.12. The molecule has 1 atom stereocenters. The van der Waals surface area contributed by atoms with Crippen molar-refractivity contribution >= 4 is 11.9 Å². The molecule has 0 aliphatic carbocycles. The molecule has 2 rings (SSSR count). The van der Waals surface area contributed by atoms with E-state index in [4.69, 9.17) is 4.74 Å². The summed E-state index contributed by atoms with van der Waals surface area (Å²) in [4.78, 5) is 26.3. The standard InChI is InChI=1S/C18H22N2O4/c1-3-24-18(23)15-10-14(20-12(15)2)11-19-16(17(21)22)9-13-7-5-4-6-8-13/h4-8,10,16,19-20H,3,9,11H2,1-2H3,(H,21,22)/t16-/m1/s1. The third-order valence-corrected chi connectivity index (χ3v) is 3.69. The number of carboxylic acids is 1. The number of hydrogen-bond acceptors (Lipinski definition) is 4. The summed E-state index contributed by atoms with van der Waals surface area (Å²) in [5, 5.41) is 12.4. The van der Waals surface area contributed by atoms with E-state index in [-0.39, 0.29) is 5.97 Å². The number of esters is 1. The molecule has 1 aromatic heterocycles. The van der Waals surface area contributed by atoms with Gasteiger partial charge in [-0.25, -0.2) is 4.79 Å². The molecule has 3 N–H and O–H groups in total. The monoisotopic (exact) mass is 330 g/mol. The molecule has 2 aromatic rings. The van der Waals surface area contributed by atoms with E-state index in [1.807, 2.05) is 30.3 Å². The van der Waals surface area contributed by atoms with Gasteiger partial charge >= 0.3 is 11.9 Å². The van der Waals surface area contributed by atoms with E-state index in [1.54, 1.807) is 19.9 Å². The van der Waals surface area contributed by atoms with E-state index in [9.17, 15) is 14.7 Å². The largest absolute Gasteiger partial charge is 0.480 e. The summed E-state index contributed by atoms with van der Waals surface area (Å²) in [6, 6.07) is 10.4. The first-order valence-electron chi connectivity index (χ1n) is 7.87. The smallest absolute Gasteiger partial charge is 0.339 e. The Morgan fingerprint density at radius 2 is 2.00 bits per heavy atom. The van der Waals surface area contributed by atoms with Crippen LogP contribution in [0.15, 0.2) is 36.4 Å². The van der Waals surface area contributed by atoms with Gasteiger partial charge in [-0.05, 0) is 31.9 Å². The first-order chi connectivity index (χ1) is 11.5. The number of carbonyl (C=O) groups is 2. The van der Waals surface area contributed by atoms with Crippen molar-refractivity contribution in [3.8, 4) is 0 Å². The number of hydrogen-bond donors (Lipinski definition) is 3. The molecule has 0 aliphatic heterocycles. The number of aryl methyl sites for hydroxylation is 1. The molecule has 0 aliphatic rings. The second-order valence-corrected chi connectivity index (χ2v) is 5.52. The normalized spacial score (nSPS) is 11.9. The van der Waals surface area contributed by atoms with Gasteiger partial charge in [-0.3, -0.25) is 10.1 Å². The van der Waals surface area contributed by atoms with Gasteiger partial charge < -0.3 is 14.8 Å². The van der Waals surface area contributed by atoms with Gasteiger partial charge in [-0.1, -0.05) is 30.3 Å². The molecule has 1 heterocycles. The fraction of sp³-hybridized carbons (Fsp3) is 0.333. The number of rotatable bonds is 8. The predicted molar refractivity (Wildman–Crippen MR) is 89.9 cm³/mol. The molecule has 0 spiro atoms. The average molecular weight is 330 g/mol. The Labute approximate surface area is 140 Å². The number of aliphatic carboxylic acids is 1. The zero-order chi connectivity index (χ0) is 17.5. The molecule has 128 valence electrons. The molecule has 0 saturated carbocycles. The number of carbonyl (C=O) groups excluding carboxylic acids is 1. The van der Waals surface area contributed by atoms with Gasteiger partial charge in [-0.2, -0.15) is 0 Å². The number of aromatic amines is 1. The second-order valence-electron chi connectivity index (χ2n) is 5.52. The first kappa shape index (κ1) is 17.7. The summed E-state index contributed by atoms with van der Waals surface area (Å²) in [6.07, 6.45) is 0.389. The molecule has 0 fully saturated rings. The van der Waals surface area contributed by atoms with Crippen molar-refractivity contribution in [3.63, 3.8) is 0 Å². The van der Waals surface area contributed by atoms with Crippen LogP contribution in [-0.2, 0) is 22.5 Å². The lowest BCUT2D eigenvalue weighted by Gasteiger charge is -2.14. The van der Waals surface area contributed by atoms with Crippen LogP contribution in [0.2, 0.25) is 0 Å². The van der Waals surface area contributed by atoms with Crippen molar-refractivity contribution < 1.29 is 19.4 Å². The third-order valence-electron chi connectivity index (χ3n) is 3.69. The van der Waals surface area contributed by atoms with Crippen LogP contribution in [0.25, 0.3) is 0 Å². The lowest BCUT2D eigenvalue weighted by atomic mass is 10.1. The summed E-state index contributed by atoms with van der Waals surface area (Å²) in [5.41, 5.74) is 2.88. The topological polar surface area (TPSA) is 91.4 Å². The Kier molecular flexibility index (Phi) is 6.14. The summed E-state index contributed by atoms with van der Waals surface area (Å²) in [7, 11) is 0. The van der Waals surface area contributed by atoms with Crippen LogP contribution in [0.3, 0.4) is 0 Å². The second kappa shape index (κ2) is 8.31. The molecule has 0 amide bonds. The van der Waals surface area contributed by atoms with Crippen molar-refractivity contribution in [2.45, 2.75) is 32.9 Å². The lowest BCUT2D eigenvalue weighted by Crippen LogP contribution is -2.38. The van der Waals surface area contributed by atoms with Crippen molar-refractivity contribution in [2.24, 2.45) is 0 Å². The number of benzene rings is 1. The Bertz CT molecular complexity index is 694. The highest BCUT2D eigenvalue weighted by molar-refractivity contribution is 5.91. The van der Waals surface area contributed by atoms with Gasteiger partial charge in [0.05, 0.1) is 12.2 Å². The quantitative estimate of drug-likeness (QED) is 0.646. The van der Waals surface area contributed by atoms with Crippen LogP contribution >= 0.6 is 0 Å². The van der Waals surface area contributed by atoms with Crippen molar-refractivity contribution in [1.82, 2.24) is 10.3 Å². The van der Waals surface area contributed by atoms with Crippen molar-refractivity contribution in [1.29, 1.82) is 0 Å². The summed E-state index contributed by atoms with van der Waals surface area (Å²) in [6.45, 7) is 4.18. The number of nitrogens with one attached hydrogen (secondary N) is 2. The zero-order valence-corrected chi connectivity index (χ0v) is 13.8. The molecular weight excluding hydrogens is 308 g/mol. The van der Waals surface area contributed by atoms with Crippen molar-refractivity contribution in [2.75, 3.05) is 6.61 Å². The summed E-state index contributed by atoms with van der Waals surface area (Å²) < 4.78 is 4.99. The molecule has 0 bridgehead atoms. The fourth-order valence-electron chi connectivity index (χ4n) is 2.47. The van der Waals surface area contributed by atoms with Gasteiger partial charge in [0.25, 0.3) is 0 Å². The van der Waals surface area contributed by atoms with E-state index in [0.717, 1.165) is 11.3 Å². The Morgan fingerprint density at radius 3 is 2.62 bits per heavy atom. The van der Waals surface area contributed by atoms with E-state index < -0.39 is 12.0 Å². The highest BCUT2D eigenvalue weighted by atomic mass is 16.5. The molecule has 0 saturated heterocycles. The maximum absolute atomic E-state index is 11.8. The van der Waals surface area contributed by atoms with E-state index in [1.165, 1.54) is 0 Å². The minimum absolute atomic E-state index is 0.315. The number of carboxylic acid groups (broad SMARTS) is 1. The molecule has 1 aromatic carbocycles. The average Bonchev–Trinajstić information content (AvgIpc) is 2.93. The number of H-pyrrole nitrogens is 1. The SMILES string of the molecule is CCOC(=O)c1cc(CN[C@H](Cc2ccccc2)C(=O)O)[nH]c1C. The minimum atomic E-state index is -0.909. The van der Waals surface area contributed by atoms with Gasteiger partial charge in [0.15, 0.2) is 0 Å². The molecular formula is C18H22N2O4. The van der Waals surface area contributed by atoms with Crippen LogP contribution < -0.4 is 5.32 Å². The Morgan fingerprint density at radius 1 is 1.29 bits per heavy atom. The van der Waals surface area contributed by atoms with Crippen LogP contribution in [0.4, 0.5) is 0 Å². The molecule has 6 heteroatoms. The maximum atomic E-state index is 11.8. The number of aromatic nitrogens is 1. The fourth-order valence-corrected chi connectivity index (χ4v) is 2.47. The van der Waals surface area contributed by atoms with Gasteiger partial charge in [0.2, 0.25) is 0 Å². The highest BCUT2D eigenvalue weighted by Gasteiger charge is 2.19. The summed E-state index contributed by atoms with van der Waals surface area (Å²) >= 11 is 0. The predicted octanol–water partition coefficient (Wildman–Crippen LogP) is 2.29. The third kappa shape index (κ3) is 4.70. The lowest BCUT2D eigenvalue weighted by molar-refractivity contribution is -0.139. The van der Waals surface area contributed by atoms with Crippen LogP contribution in [0.5, 0.6) is 0 Å². The van der Waals surface area contributed by atoms with Crippen LogP contribution in [0.1, 0.15) is 34.2 Å². The molecule has 0 radical (unpaired) electrons.